The molecule has 0 aromatic heterocycles. The van der Waals surface area contributed by atoms with Crippen molar-refractivity contribution in [2.75, 3.05) is 6.54 Å². The van der Waals surface area contributed by atoms with Gasteiger partial charge in [-0.25, -0.2) is 0 Å². The van der Waals surface area contributed by atoms with E-state index in [2.05, 4.69) is 5.48 Å². The molecule has 1 N–H and O–H groups in total. The average molecular weight is 165 g/mol. The number of carbonyl (C=O) groups excluding carboxylic acids is 1. The number of benzene rings is 1. The summed E-state index contributed by atoms with van der Waals surface area (Å²) < 4.78 is 0. The monoisotopic (exact) mass is 165 g/mol. The van der Waals surface area contributed by atoms with Gasteiger partial charge in [0.15, 0.2) is 0 Å². The molecule has 0 saturated carbocycles. The molecule has 0 radical (unpaired) electrons. The van der Waals surface area contributed by atoms with E-state index in [1.807, 2.05) is 31.2 Å². The Morgan fingerprint density at radius 2 is 2.25 bits per heavy atom. The van der Waals surface area contributed by atoms with Crippen molar-refractivity contribution in [1.29, 1.82) is 0 Å². The zero-order valence-corrected chi connectivity index (χ0v) is 6.91. The molecule has 0 aliphatic heterocycles. The van der Waals surface area contributed by atoms with Gasteiger partial charge in [-0.1, -0.05) is 18.2 Å². The van der Waals surface area contributed by atoms with E-state index in [1.54, 1.807) is 0 Å². The van der Waals surface area contributed by atoms with Gasteiger partial charge in [0.05, 0.1) is 6.54 Å². The first-order valence-electron chi connectivity index (χ1n) is 3.73. The van der Waals surface area contributed by atoms with Crippen LogP contribution in [0.2, 0.25) is 0 Å². The zero-order valence-electron chi connectivity index (χ0n) is 6.91. The molecule has 1 aromatic carbocycles. The molecule has 3 nitrogen and oxygen atoms in total. The Labute approximate surface area is 71.3 Å². The van der Waals surface area contributed by atoms with Crippen LogP contribution in [-0.4, -0.2) is 12.8 Å². The molecule has 0 amide bonds. The third-order valence-electron chi connectivity index (χ3n) is 1.44. The van der Waals surface area contributed by atoms with Crippen molar-refractivity contribution in [3.63, 3.8) is 0 Å². The highest BCUT2D eigenvalue weighted by molar-refractivity contribution is 5.51. The second-order valence-electron chi connectivity index (χ2n) is 2.38. The predicted molar refractivity (Wildman–Crippen MR) is 45.9 cm³/mol. The maximum atomic E-state index is 9.94. The molecule has 0 saturated heterocycles. The fraction of sp³-hybridized carbons (Fsp3) is 0.222. The molecule has 1 aromatic rings. The Kier molecular flexibility index (Phi) is 3.29. The van der Waals surface area contributed by atoms with Gasteiger partial charge in [0.1, 0.15) is 12.0 Å². The summed E-state index contributed by atoms with van der Waals surface area (Å²) in [5.41, 5.74) is 3.56. The first-order chi connectivity index (χ1) is 5.84. The van der Waals surface area contributed by atoms with Crippen LogP contribution in [0, 0.1) is 6.92 Å². The highest BCUT2D eigenvalue weighted by Gasteiger charge is 1.95. The quantitative estimate of drug-likeness (QED) is 0.412. The summed E-state index contributed by atoms with van der Waals surface area (Å²) in [7, 11) is 0. The second kappa shape index (κ2) is 4.51. The van der Waals surface area contributed by atoms with Crippen LogP contribution in [0.25, 0.3) is 0 Å². The van der Waals surface area contributed by atoms with Gasteiger partial charge < -0.3 is 9.63 Å². The Balaban J connectivity index is 2.51. The number of aryl methyl sites for hydroxylation is 1. The number of hydrogen-bond acceptors (Lipinski definition) is 3. The van der Waals surface area contributed by atoms with Crippen molar-refractivity contribution < 1.29 is 9.63 Å². The first kappa shape index (κ1) is 8.74. The SMILES string of the molecule is Cc1ccccc1ONCC=O. The van der Waals surface area contributed by atoms with Crippen molar-refractivity contribution in [2.45, 2.75) is 6.92 Å². The van der Waals surface area contributed by atoms with Gasteiger partial charge in [0.2, 0.25) is 0 Å². The highest BCUT2D eigenvalue weighted by Crippen LogP contribution is 2.14. The Morgan fingerprint density at radius 3 is 2.92 bits per heavy atom. The normalized spacial score (nSPS) is 9.42. The van der Waals surface area contributed by atoms with E-state index < -0.39 is 0 Å². The lowest BCUT2D eigenvalue weighted by Gasteiger charge is -2.06. The largest absolute Gasteiger partial charge is 0.408 e. The standard InChI is InChI=1S/C9H11NO2/c1-8-4-2-3-5-9(8)12-10-6-7-11/h2-5,7,10H,6H2,1H3. The molecule has 0 spiro atoms. The van der Waals surface area contributed by atoms with Crippen LogP contribution in [0.4, 0.5) is 0 Å². The minimum Gasteiger partial charge on any atom is -0.408 e. The van der Waals surface area contributed by atoms with E-state index in [1.165, 1.54) is 0 Å². The molecule has 0 aliphatic carbocycles. The molecule has 12 heavy (non-hydrogen) atoms. The van der Waals surface area contributed by atoms with Crippen LogP contribution < -0.4 is 10.3 Å². The highest BCUT2D eigenvalue weighted by atomic mass is 16.6. The summed E-state index contributed by atoms with van der Waals surface area (Å²) in [4.78, 5) is 15.0. The van der Waals surface area contributed by atoms with Crippen LogP contribution in [0.3, 0.4) is 0 Å². The van der Waals surface area contributed by atoms with E-state index in [0.717, 1.165) is 17.6 Å². The Hall–Kier alpha value is -1.35. The van der Waals surface area contributed by atoms with Gasteiger partial charge in [-0.3, -0.25) is 0 Å². The van der Waals surface area contributed by atoms with Crippen LogP contribution in [0.15, 0.2) is 24.3 Å². The van der Waals surface area contributed by atoms with Crippen molar-refractivity contribution in [2.24, 2.45) is 0 Å². The van der Waals surface area contributed by atoms with E-state index >= 15 is 0 Å². The molecular weight excluding hydrogens is 154 g/mol. The van der Waals surface area contributed by atoms with Gasteiger partial charge >= 0.3 is 0 Å². The third kappa shape index (κ3) is 2.36. The zero-order chi connectivity index (χ0) is 8.81. The van der Waals surface area contributed by atoms with Gasteiger partial charge in [0, 0.05) is 0 Å². The number of nitrogens with one attached hydrogen (secondary N) is 1. The maximum Gasteiger partial charge on any atom is 0.150 e. The summed E-state index contributed by atoms with van der Waals surface area (Å²) in [5, 5.41) is 0. The smallest absolute Gasteiger partial charge is 0.150 e. The molecule has 0 heterocycles. The van der Waals surface area contributed by atoms with Crippen LogP contribution >= 0.6 is 0 Å². The fourth-order valence-corrected chi connectivity index (χ4v) is 0.824. The average Bonchev–Trinajstić information content (AvgIpc) is 2.09. The van der Waals surface area contributed by atoms with Crippen LogP contribution in [-0.2, 0) is 4.79 Å². The lowest BCUT2D eigenvalue weighted by atomic mass is 10.2. The van der Waals surface area contributed by atoms with Crippen LogP contribution in [0.5, 0.6) is 5.75 Å². The number of carbonyl (C=O) groups is 1. The summed E-state index contributed by atoms with van der Waals surface area (Å²) in [5.74, 6) is 0.749. The van der Waals surface area contributed by atoms with E-state index in [0.29, 0.717) is 0 Å². The number of hydroxylamine groups is 1. The minimum atomic E-state index is 0.203. The topological polar surface area (TPSA) is 38.3 Å². The summed E-state index contributed by atoms with van der Waals surface area (Å²) in [6.45, 7) is 2.15. The number of hydrogen-bond donors (Lipinski definition) is 1. The number of para-hydroxylation sites is 1. The summed E-state index contributed by atoms with van der Waals surface area (Å²) in [6.07, 6.45) is 0.748. The number of rotatable bonds is 4. The Morgan fingerprint density at radius 1 is 1.50 bits per heavy atom. The molecule has 1 rings (SSSR count). The predicted octanol–water partition coefficient (Wildman–Crippen LogP) is 1.08. The Bertz CT molecular complexity index is 260. The first-order valence-corrected chi connectivity index (χ1v) is 3.73. The molecule has 0 bridgehead atoms. The van der Waals surface area contributed by atoms with E-state index in [-0.39, 0.29) is 6.54 Å². The summed E-state index contributed by atoms with van der Waals surface area (Å²) in [6, 6.07) is 7.60. The van der Waals surface area contributed by atoms with Crippen molar-refractivity contribution in [3.8, 4) is 5.75 Å². The molecule has 0 aliphatic rings. The van der Waals surface area contributed by atoms with Crippen molar-refractivity contribution in [1.82, 2.24) is 5.48 Å². The molecule has 64 valence electrons. The van der Waals surface area contributed by atoms with E-state index in [9.17, 15) is 4.79 Å². The molecule has 3 heteroatoms. The fourth-order valence-electron chi connectivity index (χ4n) is 0.824. The van der Waals surface area contributed by atoms with E-state index in [4.69, 9.17) is 4.84 Å². The second-order valence-corrected chi connectivity index (χ2v) is 2.38. The lowest BCUT2D eigenvalue weighted by Crippen LogP contribution is -2.20. The van der Waals surface area contributed by atoms with Gasteiger partial charge in [-0.2, -0.15) is 0 Å². The lowest BCUT2D eigenvalue weighted by molar-refractivity contribution is -0.108. The van der Waals surface area contributed by atoms with Crippen molar-refractivity contribution >= 4 is 6.29 Å². The summed E-state index contributed by atoms with van der Waals surface area (Å²) >= 11 is 0. The third-order valence-corrected chi connectivity index (χ3v) is 1.44. The molecule has 0 fully saturated rings. The maximum absolute atomic E-state index is 9.94. The van der Waals surface area contributed by atoms with Gasteiger partial charge in [-0.15, -0.1) is 5.48 Å². The molecule has 0 unspecified atom stereocenters. The van der Waals surface area contributed by atoms with Crippen molar-refractivity contribution in [3.05, 3.63) is 29.8 Å². The van der Waals surface area contributed by atoms with Crippen LogP contribution in [0.1, 0.15) is 5.56 Å². The molecular formula is C9H11NO2. The van der Waals surface area contributed by atoms with Gasteiger partial charge in [0.25, 0.3) is 0 Å². The number of aldehydes is 1. The molecule has 0 atom stereocenters. The minimum absolute atomic E-state index is 0.203. The van der Waals surface area contributed by atoms with Gasteiger partial charge in [-0.05, 0) is 18.6 Å².